The summed E-state index contributed by atoms with van der Waals surface area (Å²) in [7, 11) is 4.14. The van der Waals surface area contributed by atoms with Gasteiger partial charge in [0, 0.05) is 31.9 Å². The second-order valence-electron chi connectivity index (χ2n) is 6.07. The molecule has 1 saturated heterocycles. The van der Waals surface area contributed by atoms with Crippen LogP contribution in [0.5, 0.6) is 0 Å². The van der Waals surface area contributed by atoms with Crippen molar-refractivity contribution < 1.29 is 0 Å². The number of benzene rings is 1. The molecular weight excluding hydrogens is 234 g/mol. The fourth-order valence-corrected chi connectivity index (χ4v) is 3.04. The van der Waals surface area contributed by atoms with E-state index in [1.165, 1.54) is 17.7 Å². The third-order valence-electron chi connectivity index (χ3n) is 4.13. The van der Waals surface area contributed by atoms with E-state index in [0.717, 1.165) is 13.0 Å². The molecule has 0 radical (unpaired) electrons. The Bertz CT molecular complexity index is 397. The van der Waals surface area contributed by atoms with E-state index in [9.17, 15) is 0 Å². The maximum Gasteiger partial charge on any atom is 0.0501 e. The zero-order chi connectivity index (χ0) is 14.0. The molecule has 106 valence electrons. The van der Waals surface area contributed by atoms with Gasteiger partial charge in [0.15, 0.2) is 0 Å². The van der Waals surface area contributed by atoms with Crippen LogP contribution in [-0.4, -0.2) is 37.6 Å². The van der Waals surface area contributed by atoms with Crippen LogP contribution in [0.25, 0.3) is 0 Å². The number of likely N-dealkylation sites (tertiary alicyclic amines) is 1. The number of nitrogens with zero attached hydrogens (tertiary/aromatic N) is 2. The van der Waals surface area contributed by atoms with E-state index in [-0.39, 0.29) is 6.04 Å². The summed E-state index contributed by atoms with van der Waals surface area (Å²) in [5.74, 6) is 0. The maximum absolute atomic E-state index is 6.38. The molecule has 19 heavy (non-hydrogen) atoms. The van der Waals surface area contributed by atoms with Crippen molar-refractivity contribution >= 4 is 5.69 Å². The van der Waals surface area contributed by atoms with Crippen LogP contribution in [0.1, 0.15) is 38.3 Å². The molecular formula is C16H27N3. The van der Waals surface area contributed by atoms with Crippen molar-refractivity contribution in [3.8, 4) is 0 Å². The van der Waals surface area contributed by atoms with Crippen molar-refractivity contribution in [2.45, 2.75) is 44.8 Å². The molecule has 2 atom stereocenters. The van der Waals surface area contributed by atoms with Crippen LogP contribution in [-0.2, 0) is 0 Å². The Morgan fingerprint density at radius 3 is 2.37 bits per heavy atom. The molecule has 1 aromatic rings. The molecule has 0 amide bonds. The molecule has 0 saturated carbocycles. The topological polar surface area (TPSA) is 32.5 Å². The SMILES string of the molecule is CC(C)N1CCCC(N)C1c1ccc(N(C)C)cc1. The van der Waals surface area contributed by atoms with E-state index in [1.807, 2.05) is 0 Å². The van der Waals surface area contributed by atoms with Gasteiger partial charge in [-0.15, -0.1) is 0 Å². The first-order chi connectivity index (χ1) is 9.00. The number of nitrogens with two attached hydrogens (primary N) is 1. The summed E-state index contributed by atoms with van der Waals surface area (Å²) in [6.07, 6.45) is 2.34. The van der Waals surface area contributed by atoms with E-state index in [0.29, 0.717) is 12.1 Å². The van der Waals surface area contributed by atoms with Crippen LogP contribution in [0.4, 0.5) is 5.69 Å². The summed E-state index contributed by atoms with van der Waals surface area (Å²) in [4.78, 5) is 4.67. The van der Waals surface area contributed by atoms with Crippen molar-refractivity contribution in [1.82, 2.24) is 4.90 Å². The van der Waals surface area contributed by atoms with Gasteiger partial charge in [0.05, 0.1) is 6.04 Å². The average Bonchev–Trinajstić information content (AvgIpc) is 2.38. The molecule has 0 spiro atoms. The number of piperidine rings is 1. The highest BCUT2D eigenvalue weighted by atomic mass is 15.2. The number of hydrogen-bond donors (Lipinski definition) is 1. The van der Waals surface area contributed by atoms with Crippen LogP contribution in [0.2, 0.25) is 0 Å². The van der Waals surface area contributed by atoms with E-state index in [1.54, 1.807) is 0 Å². The predicted molar refractivity (Wildman–Crippen MR) is 82.6 cm³/mol. The largest absolute Gasteiger partial charge is 0.378 e. The molecule has 1 aliphatic rings. The number of rotatable bonds is 3. The third-order valence-corrected chi connectivity index (χ3v) is 4.13. The molecule has 1 aromatic carbocycles. The molecule has 3 nitrogen and oxygen atoms in total. The predicted octanol–water partition coefficient (Wildman–Crippen LogP) is 2.63. The van der Waals surface area contributed by atoms with Crippen molar-refractivity contribution in [1.29, 1.82) is 0 Å². The van der Waals surface area contributed by atoms with E-state index >= 15 is 0 Å². The normalized spacial score (nSPS) is 24.7. The lowest BCUT2D eigenvalue weighted by Gasteiger charge is -2.42. The zero-order valence-electron chi connectivity index (χ0n) is 12.6. The maximum atomic E-state index is 6.38. The van der Waals surface area contributed by atoms with Gasteiger partial charge in [0.1, 0.15) is 0 Å². The van der Waals surface area contributed by atoms with Crippen molar-refractivity contribution in [3.05, 3.63) is 29.8 Å². The standard InChI is InChI=1S/C16H27N3/c1-12(2)19-11-5-6-15(17)16(19)13-7-9-14(10-8-13)18(3)4/h7-10,12,15-16H,5-6,11,17H2,1-4H3. The van der Waals surface area contributed by atoms with Gasteiger partial charge in [-0.1, -0.05) is 12.1 Å². The minimum Gasteiger partial charge on any atom is -0.378 e. The first-order valence-electron chi connectivity index (χ1n) is 7.29. The van der Waals surface area contributed by atoms with Gasteiger partial charge in [-0.3, -0.25) is 4.90 Å². The monoisotopic (exact) mass is 261 g/mol. The van der Waals surface area contributed by atoms with Crippen molar-refractivity contribution in [3.63, 3.8) is 0 Å². The van der Waals surface area contributed by atoms with Crippen LogP contribution < -0.4 is 10.6 Å². The lowest BCUT2D eigenvalue weighted by Crippen LogP contribution is -2.48. The highest BCUT2D eigenvalue weighted by Gasteiger charge is 2.31. The van der Waals surface area contributed by atoms with Crippen molar-refractivity contribution in [2.24, 2.45) is 5.73 Å². The molecule has 0 aromatic heterocycles. The van der Waals surface area contributed by atoms with Gasteiger partial charge in [-0.25, -0.2) is 0 Å². The number of hydrogen-bond acceptors (Lipinski definition) is 3. The fourth-order valence-electron chi connectivity index (χ4n) is 3.04. The Balaban J connectivity index is 2.25. The average molecular weight is 261 g/mol. The van der Waals surface area contributed by atoms with Crippen LogP contribution >= 0.6 is 0 Å². The van der Waals surface area contributed by atoms with Crippen LogP contribution in [0.3, 0.4) is 0 Å². The summed E-state index contributed by atoms with van der Waals surface area (Å²) in [6, 6.07) is 10.0. The Labute approximate surface area is 117 Å². The number of anilines is 1. The third kappa shape index (κ3) is 3.10. The molecule has 2 rings (SSSR count). The Morgan fingerprint density at radius 2 is 1.84 bits per heavy atom. The summed E-state index contributed by atoms with van der Waals surface area (Å²) in [6.45, 7) is 5.68. The lowest BCUT2D eigenvalue weighted by molar-refractivity contribution is 0.0947. The first-order valence-corrected chi connectivity index (χ1v) is 7.29. The van der Waals surface area contributed by atoms with E-state index in [2.05, 4.69) is 62.0 Å². The molecule has 1 aliphatic heterocycles. The van der Waals surface area contributed by atoms with Gasteiger partial charge in [-0.05, 0) is 50.9 Å². The van der Waals surface area contributed by atoms with Gasteiger partial charge in [-0.2, -0.15) is 0 Å². The minimum atomic E-state index is 0.251. The van der Waals surface area contributed by atoms with Gasteiger partial charge in [0.25, 0.3) is 0 Å². The Kier molecular flexibility index (Phi) is 4.48. The second-order valence-corrected chi connectivity index (χ2v) is 6.07. The molecule has 2 unspecified atom stereocenters. The minimum absolute atomic E-state index is 0.251. The summed E-state index contributed by atoms with van der Waals surface area (Å²) in [5, 5.41) is 0. The second kappa shape index (κ2) is 5.93. The van der Waals surface area contributed by atoms with Gasteiger partial charge < -0.3 is 10.6 Å². The van der Waals surface area contributed by atoms with Crippen LogP contribution in [0.15, 0.2) is 24.3 Å². The molecule has 2 N–H and O–H groups in total. The smallest absolute Gasteiger partial charge is 0.0501 e. The van der Waals surface area contributed by atoms with Crippen LogP contribution in [0, 0.1) is 0 Å². The molecule has 3 heteroatoms. The fraction of sp³-hybridized carbons (Fsp3) is 0.625. The molecule has 0 aliphatic carbocycles. The summed E-state index contributed by atoms with van der Waals surface area (Å²) < 4.78 is 0. The Morgan fingerprint density at radius 1 is 1.21 bits per heavy atom. The van der Waals surface area contributed by atoms with Gasteiger partial charge >= 0.3 is 0 Å². The van der Waals surface area contributed by atoms with E-state index in [4.69, 9.17) is 5.73 Å². The quantitative estimate of drug-likeness (QED) is 0.908. The molecule has 1 fully saturated rings. The molecule has 1 heterocycles. The van der Waals surface area contributed by atoms with Crippen molar-refractivity contribution in [2.75, 3.05) is 25.5 Å². The van der Waals surface area contributed by atoms with Gasteiger partial charge in [0.2, 0.25) is 0 Å². The zero-order valence-corrected chi connectivity index (χ0v) is 12.6. The Hall–Kier alpha value is -1.06. The summed E-state index contributed by atoms with van der Waals surface area (Å²) in [5.41, 5.74) is 8.98. The lowest BCUT2D eigenvalue weighted by atomic mass is 9.90. The molecule has 0 bridgehead atoms. The summed E-state index contributed by atoms with van der Waals surface area (Å²) >= 11 is 0. The first kappa shape index (κ1) is 14.4. The van der Waals surface area contributed by atoms with E-state index < -0.39 is 0 Å². The highest BCUT2D eigenvalue weighted by Crippen LogP contribution is 2.32. The highest BCUT2D eigenvalue weighted by molar-refractivity contribution is 5.46.